The molecule has 0 N–H and O–H groups in total. The van der Waals surface area contributed by atoms with Crippen molar-refractivity contribution in [2.75, 3.05) is 14.2 Å². The van der Waals surface area contributed by atoms with E-state index >= 15 is 0 Å². The maximum absolute atomic E-state index is 11.1. The predicted octanol–water partition coefficient (Wildman–Crippen LogP) is -0.415. The fourth-order valence-electron chi connectivity index (χ4n) is 0.667. The summed E-state index contributed by atoms with van der Waals surface area (Å²) in [6, 6.07) is 0. The number of esters is 2. The Kier molecular flexibility index (Phi) is 3.55. The zero-order valence-electron chi connectivity index (χ0n) is 7.29. The normalized spacial score (nSPS) is 9.23. The standard InChI is InChI=1S/C9H8O4/c1-5-9(6-2,7(10)12-3)8(11)13-4/h1-2H,3-4H3. The number of terminal acetylenes is 2. The van der Waals surface area contributed by atoms with Crippen molar-refractivity contribution in [1.29, 1.82) is 0 Å². The van der Waals surface area contributed by atoms with Crippen LogP contribution < -0.4 is 0 Å². The molecule has 13 heavy (non-hydrogen) atoms. The second-order valence-electron chi connectivity index (χ2n) is 2.02. The Morgan fingerprint density at radius 3 is 1.54 bits per heavy atom. The minimum Gasteiger partial charge on any atom is -0.467 e. The third kappa shape index (κ3) is 1.62. The summed E-state index contributed by atoms with van der Waals surface area (Å²) in [5.41, 5.74) is -2.07. The molecule has 0 spiro atoms. The van der Waals surface area contributed by atoms with Crippen LogP contribution in [-0.4, -0.2) is 26.2 Å². The summed E-state index contributed by atoms with van der Waals surface area (Å²) in [7, 11) is 2.16. The maximum atomic E-state index is 11.1. The lowest BCUT2D eigenvalue weighted by atomic mass is 9.90. The molecule has 0 radical (unpaired) electrons. The predicted molar refractivity (Wildman–Crippen MR) is 44.1 cm³/mol. The van der Waals surface area contributed by atoms with Crippen LogP contribution in [0.25, 0.3) is 0 Å². The molecule has 0 bridgehead atoms. The minimum absolute atomic E-state index is 0.996. The Labute approximate surface area is 76.2 Å². The first-order valence-electron chi connectivity index (χ1n) is 3.21. The molecule has 4 heteroatoms. The lowest BCUT2D eigenvalue weighted by molar-refractivity contribution is -0.160. The molecule has 0 fully saturated rings. The van der Waals surface area contributed by atoms with Crippen LogP contribution in [0, 0.1) is 30.1 Å². The fourth-order valence-corrected chi connectivity index (χ4v) is 0.667. The summed E-state index contributed by atoms with van der Waals surface area (Å²) in [4.78, 5) is 22.2. The van der Waals surface area contributed by atoms with Gasteiger partial charge in [0.05, 0.1) is 14.2 Å². The van der Waals surface area contributed by atoms with Gasteiger partial charge in [-0.25, -0.2) is 9.59 Å². The molecule has 0 aliphatic rings. The Balaban J connectivity index is 5.22. The number of rotatable bonds is 2. The molecule has 0 aromatic heterocycles. The van der Waals surface area contributed by atoms with Gasteiger partial charge in [0.15, 0.2) is 0 Å². The van der Waals surface area contributed by atoms with E-state index in [1.165, 1.54) is 0 Å². The molecule has 0 atom stereocenters. The molecular formula is C9H8O4. The van der Waals surface area contributed by atoms with Gasteiger partial charge in [-0.05, 0) is 0 Å². The van der Waals surface area contributed by atoms with Gasteiger partial charge in [-0.1, -0.05) is 11.8 Å². The summed E-state index contributed by atoms with van der Waals surface area (Å²) in [6.45, 7) is 0. The Morgan fingerprint density at radius 2 is 1.38 bits per heavy atom. The number of carbonyl (C=O) groups is 2. The van der Waals surface area contributed by atoms with Gasteiger partial charge in [-0.3, -0.25) is 0 Å². The van der Waals surface area contributed by atoms with Gasteiger partial charge in [-0.2, -0.15) is 0 Å². The Hall–Kier alpha value is -1.94. The number of methoxy groups -OCH3 is 2. The molecular weight excluding hydrogens is 172 g/mol. The number of hydrogen-bond acceptors (Lipinski definition) is 4. The number of ether oxygens (including phenoxy) is 2. The molecule has 0 heterocycles. The quantitative estimate of drug-likeness (QED) is 0.329. The van der Waals surface area contributed by atoms with Crippen molar-refractivity contribution >= 4 is 11.9 Å². The summed E-state index contributed by atoms with van der Waals surface area (Å²) >= 11 is 0. The van der Waals surface area contributed by atoms with Crippen LogP contribution in [0.15, 0.2) is 0 Å². The fraction of sp³-hybridized carbons (Fsp3) is 0.333. The van der Waals surface area contributed by atoms with Crippen molar-refractivity contribution in [2.24, 2.45) is 5.41 Å². The third-order valence-electron chi connectivity index (χ3n) is 1.42. The van der Waals surface area contributed by atoms with Gasteiger partial charge in [0.2, 0.25) is 0 Å². The Bertz CT molecular complexity index is 271. The van der Waals surface area contributed by atoms with Crippen molar-refractivity contribution in [1.82, 2.24) is 0 Å². The van der Waals surface area contributed by atoms with Crippen LogP contribution in [0.4, 0.5) is 0 Å². The summed E-state index contributed by atoms with van der Waals surface area (Å²) in [5, 5.41) is 0. The number of carbonyl (C=O) groups excluding carboxylic acids is 2. The summed E-state index contributed by atoms with van der Waals surface area (Å²) in [6.07, 6.45) is 9.95. The zero-order chi connectivity index (χ0) is 10.5. The highest BCUT2D eigenvalue weighted by atomic mass is 16.5. The average molecular weight is 180 g/mol. The third-order valence-corrected chi connectivity index (χ3v) is 1.42. The van der Waals surface area contributed by atoms with Crippen molar-refractivity contribution in [2.45, 2.75) is 0 Å². The van der Waals surface area contributed by atoms with E-state index < -0.39 is 17.4 Å². The lowest BCUT2D eigenvalue weighted by Gasteiger charge is -2.15. The van der Waals surface area contributed by atoms with Gasteiger partial charge < -0.3 is 9.47 Å². The van der Waals surface area contributed by atoms with Gasteiger partial charge in [0, 0.05) is 0 Å². The molecule has 4 nitrogen and oxygen atoms in total. The second-order valence-corrected chi connectivity index (χ2v) is 2.02. The van der Waals surface area contributed by atoms with Crippen molar-refractivity contribution in [3.63, 3.8) is 0 Å². The van der Waals surface area contributed by atoms with Crippen LogP contribution in [-0.2, 0) is 19.1 Å². The van der Waals surface area contributed by atoms with Gasteiger partial charge in [0.1, 0.15) is 0 Å². The van der Waals surface area contributed by atoms with Crippen LogP contribution in [0.5, 0.6) is 0 Å². The topological polar surface area (TPSA) is 52.6 Å². The van der Waals surface area contributed by atoms with Crippen LogP contribution in [0.3, 0.4) is 0 Å². The molecule has 0 amide bonds. The first-order valence-corrected chi connectivity index (χ1v) is 3.21. The van der Waals surface area contributed by atoms with Crippen LogP contribution >= 0.6 is 0 Å². The van der Waals surface area contributed by atoms with E-state index in [1.807, 2.05) is 11.8 Å². The van der Waals surface area contributed by atoms with Crippen molar-refractivity contribution in [3.05, 3.63) is 0 Å². The molecule has 0 unspecified atom stereocenters. The van der Waals surface area contributed by atoms with Gasteiger partial charge in [-0.15, -0.1) is 12.8 Å². The van der Waals surface area contributed by atoms with Crippen LogP contribution in [0.2, 0.25) is 0 Å². The van der Waals surface area contributed by atoms with E-state index in [4.69, 9.17) is 12.8 Å². The minimum atomic E-state index is -2.07. The first-order chi connectivity index (χ1) is 6.08. The molecule has 0 saturated carbocycles. The van der Waals surface area contributed by atoms with E-state index in [9.17, 15) is 9.59 Å². The van der Waals surface area contributed by atoms with Gasteiger partial charge in [0.25, 0.3) is 5.41 Å². The average Bonchev–Trinajstić information content (AvgIpc) is 2.19. The summed E-state index contributed by atoms with van der Waals surface area (Å²) in [5.74, 6) is 1.77. The lowest BCUT2D eigenvalue weighted by Crippen LogP contribution is -2.38. The highest BCUT2D eigenvalue weighted by Gasteiger charge is 2.45. The summed E-state index contributed by atoms with van der Waals surface area (Å²) < 4.78 is 8.59. The molecule has 0 aromatic rings. The molecule has 0 rings (SSSR count). The van der Waals surface area contributed by atoms with E-state index in [-0.39, 0.29) is 0 Å². The SMILES string of the molecule is C#CC(C#C)(C(=O)OC)C(=O)OC. The molecule has 68 valence electrons. The Morgan fingerprint density at radius 1 is 1.08 bits per heavy atom. The smallest absolute Gasteiger partial charge is 0.348 e. The second kappa shape index (κ2) is 4.18. The molecule has 0 aliphatic carbocycles. The maximum Gasteiger partial charge on any atom is 0.348 e. The van der Waals surface area contributed by atoms with E-state index in [0.717, 1.165) is 14.2 Å². The number of hydrogen-bond donors (Lipinski definition) is 0. The highest BCUT2D eigenvalue weighted by Crippen LogP contribution is 2.18. The molecule has 0 saturated heterocycles. The largest absolute Gasteiger partial charge is 0.467 e. The van der Waals surface area contributed by atoms with E-state index in [2.05, 4.69) is 9.47 Å². The molecule has 0 aliphatic heterocycles. The first kappa shape index (κ1) is 11.1. The monoisotopic (exact) mass is 180 g/mol. The van der Waals surface area contributed by atoms with Crippen molar-refractivity contribution < 1.29 is 19.1 Å². The van der Waals surface area contributed by atoms with E-state index in [0.29, 0.717) is 0 Å². The zero-order valence-corrected chi connectivity index (χ0v) is 7.29. The van der Waals surface area contributed by atoms with Crippen molar-refractivity contribution in [3.8, 4) is 24.7 Å². The van der Waals surface area contributed by atoms with Gasteiger partial charge >= 0.3 is 11.9 Å². The molecule has 0 aromatic carbocycles. The van der Waals surface area contributed by atoms with Crippen LogP contribution in [0.1, 0.15) is 0 Å². The van der Waals surface area contributed by atoms with E-state index in [1.54, 1.807) is 0 Å². The highest BCUT2D eigenvalue weighted by molar-refractivity contribution is 6.07.